The van der Waals surface area contributed by atoms with Crippen molar-refractivity contribution in [2.24, 2.45) is 0 Å². The van der Waals surface area contributed by atoms with E-state index in [4.69, 9.17) is 5.73 Å². The van der Waals surface area contributed by atoms with Crippen LogP contribution in [0.3, 0.4) is 0 Å². The van der Waals surface area contributed by atoms with Crippen LogP contribution in [0.1, 0.15) is 0 Å². The summed E-state index contributed by atoms with van der Waals surface area (Å²) in [5.41, 5.74) is 7.74. The standard InChI is InChI=1S/C13H21IN4/c1-17-6-8-18(9-7-17)5-4-16-13-3-2-11(15)10-12(13)14/h2-3,10,16H,4-9,15H2,1H3. The van der Waals surface area contributed by atoms with E-state index in [1.165, 1.54) is 35.4 Å². The van der Waals surface area contributed by atoms with Crippen LogP contribution in [0, 0.1) is 3.57 Å². The molecule has 3 N–H and O–H groups in total. The normalized spacial score (nSPS) is 17.9. The highest BCUT2D eigenvalue weighted by atomic mass is 127. The first-order valence-corrected chi connectivity index (χ1v) is 7.43. The van der Waals surface area contributed by atoms with Crippen LogP contribution >= 0.6 is 22.6 Å². The first kappa shape index (κ1) is 13.9. The van der Waals surface area contributed by atoms with E-state index in [0.29, 0.717) is 0 Å². The highest BCUT2D eigenvalue weighted by Crippen LogP contribution is 2.20. The lowest BCUT2D eigenvalue weighted by atomic mass is 10.3. The molecular formula is C13H21IN4. The Morgan fingerprint density at radius 3 is 2.67 bits per heavy atom. The van der Waals surface area contributed by atoms with Gasteiger partial charge in [0.25, 0.3) is 0 Å². The predicted octanol–water partition coefficient (Wildman–Crippen LogP) is 1.53. The summed E-state index contributed by atoms with van der Waals surface area (Å²) in [6.07, 6.45) is 0. The first-order valence-electron chi connectivity index (χ1n) is 6.35. The number of rotatable bonds is 4. The van der Waals surface area contributed by atoms with Crippen LogP contribution in [0.25, 0.3) is 0 Å². The fourth-order valence-electron chi connectivity index (χ4n) is 2.09. The van der Waals surface area contributed by atoms with Gasteiger partial charge in [-0.05, 0) is 47.8 Å². The van der Waals surface area contributed by atoms with Gasteiger partial charge in [0.05, 0.1) is 0 Å². The number of anilines is 2. The predicted molar refractivity (Wildman–Crippen MR) is 86.0 cm³/mol. The molecule has 1 aromatic rings. The second-order valence-corrected chi connectivity index (χ2v) is 5.97. The summed E-state index contributed by atoms with van der Waals surface area (Å²) < 4.78 is 1.19. The molecule has 1 heterocycles. The summed E-state index contributed by atoms with van der Waals surface area (Å²) in [4.78, 5) is 4.89. The molecule has 0 bridgehead atoms. The minimum Gasteiger partial charge on any atom is -0.399 e. The zero-order valence-corrected chi connectivity index (χ0v) is 13.0. The maximum atomic E-state index is 5.74. The molecule has 0 aromatic heterocycles. The van der Waals surface area contributed by atoms with Gasteiger partial charge in [0, 0.05) is 54.2 Å². The second-order valence-electron chi connectivity index (χ2n) is 4.81. The molecule has 100 valence electrons. The molecular weight excluding hydrogens is 339 g/mol. The number of nitrogens with one attached hydrogen (secondary N) is 1. The largest absolute Gasteiger partial charge is 0.399 e. The fourth-order valence-corrected chi connectivity index (χ4v) is 2.82. The lowest BCUT2D eigenvalue weighted by molar-refractivity contribution is 0.158. The van der Waals surface area contributed by atoms with Crippen LogP contribution < -0.4 is 11.1 Å². The van der Waals surface area contributed by atoms with E-state index < -0.39 is 0 Å². The van der Waals surface area contributed by atoms with Gasteiger partial charge in [0.1, 0.15) is 0 Å². The lowest BCUT2D eigenvalue weighted by Gasteiger charge is -2.32. The molecule has 0 saturated carbocycles. The molecule has 0 spiro atoms. The van der Waals surface area contributed by atoms with Gasteiger partial charge in [-0.25, -0.2) is 0 Å². The van der Waals surface area contributed by atoms with Crippen LogP contribution in [-0.2, 0) is 0 Å². The van der Waals surface area contributed by atoms with Crippen LogP contribution in [0.5, 0.6) is 0 Å². The molecule has 1 fully saturated rings. The summed E-state index contributed by atoms with van der Waals surface area (Å²) in [5.74, 6) is 0. The van der Waals surface area contributed by atoms with E-state index in [9.17, 15) is 0 Å². The van der Waals surface area contributed by atoms with Crippen molar-refractivity contribution in [3.05, 3.63) is 21.8 Å². The zero-order valence-electron chi connectivity index (χ0n) is 10.8. The van der Waals surface area contributed by atoms with Crippen molar-refractivity contribution in [2.75, 3.05) is 57.4 Å². The third kappa shape index (κ3) is 4.00. The summed E-state index contributed by atoms with van der Waals surface area (Å²) in [5, 5.41) is 3.48. The van der Waals surface area contributed by atoms with Crippen molar-refractivity contribution >= 4 is 34.0 Å². The number of hydrogen-bond acceptors (Lipinski definition) is 4. The fraction of sp³-hybridized carbons (Fsp3) is 0.538. The second kappa shape index (κ2) is 6.58. The van der Waals surface area contributed by atoms with E-state index in [2.05, 4.69) is 50.8 Å². The Kier molecular flexibility index (Phi) is 5.08. The molecule has 0 aliphatic carbocycles. The van der Waals surface area contributed by atoms with E-state index >= 15 is 0 Å². The van der Waals surface area contributed by atoms with Crippen molar-refractivity contribution in [3.63, 3.8) is 0 Å². The van der Waals surface area contributed by atoms with Crippen molar-refractivity contribution in [2.45, 2.75) is 0 Å². The molecule has 1 saturated heterocycles. The lowest BCUT2D eigenvalue weighted by Crippen LogP contribution is -2.45. The number of likely N-dealkylation sites (N-methyl/N-ethyl adjacent to an activating group) is 1. The number of nitrogens with zero attached hydrogens (tertiary/aromatic N) is 2. The SMILES string of the molecule is CN1CCN(CCNc2ccc(N)cc2I)CC1. The Morgan fingerprint density at radius 1 is 1.28 bits per heavy atom. The Hall–Kier alpha value is -0.530. The van der Waals surface area contributed by atoms with Gasteiger partial charge in [-0.15, -0.1) is 0 Å². The minimum absolute atomic E-state index is 0.823. The van der Waals surface area contributed by atoms with Crippen LogP contribution in [0.2, 0.25) is 0 Å². The molecule has 1 aliphatic rings. The Labute approximate surface area is 123 Å². The van der Waals surface area contributed by atoms with Crippen LogP contribution in [0.4, 0.5) is 11.4 Å². The maximum Gasteiger partial charge on any atom is 0.0477 e. The maximum absolute atomic E-state index is 5.74. The van der Waals surface area contributed by atoms with Gasteiger partial charge in [-0.2, -0.15) is 0 Å². The molecule has 2 rings (SSSR count). The monoisotopic (exact) mass is 360 g/mol. The smallest absolute Gasteiger partial charge is 0.0477 e. The molecule has 0 radical (unpaired) electrons. The number of nitrogens with two attached hydrogens (primary N) is 1. The van der Waals surface area contributed by atoms with E-state index in [1.54, 1.807) is 0 Å². The summed E-state index contributed by atoms with van der Waals surface area (Å²) in [6.45, 7) is 6.81. The van der Waals surface area contributed by atoms with Crippen molar-refractivity contribution in [1.82, 2.24) is 9.80 Å². The van der Waals surface area contributed by atoms with E-state index in [1.807, 2.05) is 12.1 Å². The number of halogens is 1. The average molecular weight is 360 g/mol. The van der Waals surface area contributed by atoms with Crippen LogP contribution in [-0.4, -0.2) is 56.1 Å². The Bertz CT molecular complexity index is 389. The highest BCUT2D eigenvalue weighted by molar-refractivity contribution is 14.1. The Balaban J connectivity index is 1.75. The number of nitrogen functional groups attached to an aromatic ring is 1. The van der Waals surface area contributed by atoms with Gasteiger partial charge in [-0.3, -0.25) is 4.90 Å². The highest BCUT2D eigenvalue weighted by Gasteiger charge is 2.12. The van der Waals surface area contributed by atoms with Gasteiger partial charge in [0.2, 0.25) is 0 Å². The van der Waals surface area contributed by atoms with Crippen molar-refractivity contribution in [1.29, 1.82) is 0 Å². The summed E-state index contributed by atoms with van der Waals surface area (Å²) >= 11 is 2.32. The topological polar surface area (TPSA) is 44.5 Å². The molecule has 4 nitrogen and oxygen atoms in total. The molecule has 0 amide bonds. The van der Waals surface area contributed by atoms with Gasteiger partial charge in [0.15, 0.2) is 0 Å². The van der Waals surface area contributed by atoms with E-state index in [0.717, 1.165) is 18.8 Å². The third-order valence-electron chi connectivity index (χ3n) is 3.33. The third-order valence-corrected chi connectivity index (χ3v) is 4.23. The number of hydrogen-bond donors (Lipinski definition) is 2. The van der Waals surface area contributed by atoms with Crippen LogP contribution in [0.15, 0.2) is 18.2 Å². The van der Waals surface area contributed by atoms with Crippen molar-refractivity contribution < 1.29 is 0 Å². The number of piperazine rings is 1. The average Bonchev–Trinajstić information content (AvgIpc) is 2.34. The molecule has 18 heavy (non-hydrogen) atoms. The molecule has 0 atom stereocenters. The number of benzene rings is 1. The minimum atomic E-state index is 0.823. The Morgan fingerprint density at radius 2 is 2.00 bits per heavy atom. The van der Waals surface area contributed by atoms with Gasteiger partial charge >= 0.3 is 0 Å². The van der Waals surface area contributed by atoms with Gasteiger partial charge < -0.3 is 16.0 Å². The zero-order chi connectivity index (χ0) is 13.0. The van der Waals surface area contributed by atoms with E-state index in [-0.39, 0.29) is 0 Å². The van der Waals surface area contributed by atoms with Gasteiger partial charge in [-0.1, -0.05) is 0 Å². The molecule has 5 heteroatoms. The molecule has 1 aliphatic heterocycles. The molecule has 0 unspecified atom stereocenters. The summed E-state index contributed by atoms with van der Waals surface area (Å²) in [7, 11) is 2.19. The van der Waals surface area contributed by atoms with Crippen molar-refractivity contribution in [3.8, 4) is 0 Å². The summed E-state index contributed by atoms with van der Waals surface area (Å²) in [6, 6.07) is 6.00. The quantitative estimate of drug-likeness (QED) is 0.632. The first-order chi connectivity index (χ1) is 8.65. The molecule has 1 aromatic carbocycles.